The highest BCUT2D eigenvalue weighted by Crippen LogP contribution is 2.56. The highest BCUT2D eigenvalue weighted by Gasteiger charge is 2.42. The summed E-state index contributed by atoms with van der Waals surface area (Å²) in [5.41, 5.74) is 4.23. The molecule has 43 heavy (non-hydrogen) atoms. The zero-order valence-electron chi connectivity index (χ0n) is 27.0. The second-order valence-electron chi connectivity index (χ2n) is 13.4. The first-order valence-corrected chi connectivity index (χ1v) is 16.6. The third-order valence-corrected chi connectivity index (χ3v) is 9.50. The monoisotopic (exact) mass is 620 g/mol. The summed E-state index contributed by atoms with van der Waals surface area (Å²) >= 11 is 0. The van der Waals surface area contributed by atoms with Crippen LogP contribution in [0.3, 0.4) is 0 Å². The Morgan fingerprint density at radius 3 is 2.26 bits per heavy atom. The Labute approximate surface area is 259 Å². The normalized spacial score (nSPS) is 20.1. The van der Waals surface area contributed by atoms with Crippen molar-refractivity contribution in [2.24, 2.45) is 11.3 Å². The Morgan fingerprint density at radius 2 is 1.79 bits per heavy atom. The number of hydrogen-bond acceptors (Lipinski definition) is 6. The van der Waals surface area contributed by atoms with Crippen LogP contribution in [0.2, 0.25) is 0 Å². The largest absolute Gasteiger partial charge is 0.453 e. The standard InChI is InChI=1S/C15H24O4.C11H16FN2OP.C8H14/c1-5-7-10(2)11(3)13-8-6-9-14(12(13)4)19-15(16,17)18;1-7(15)6-14-10(11(2,12)16)5-9(13-14)8-3-4-8;1-2-4-8(5-3-1)6-7-8/h6,8-11,16-18H,5,7H2,1-4H3;5,8H,3-4,6,16H2,1-2H3;1-7H2/t10-,11+;;/m0../s1. The summed E-state index contributed by atoms with van der Waals surface area (Å²) in [6, 6.07) is 7.19. The molecule has 0 radical (unpaired) electrons. The third-order valence-electron chi connectivity index (χ3n) is 9.20. The summed E-state index contributed by atoms with van der Waals surface area (Å²) in [6.07, 6.45) is 12.2. The van der Waals surface area contributed by atoms with Crippen molar-refractivity contribution in [2.45, 2.75) is 142 Å². The molecule has 1 spiro atoms. The molecule has 4 atom stereocenters. The van der Waals surface area contributed by atoms with Crippen molar-refractivity contribution in [3.05, 3.63) is 46.8 Å². The fourth-order valence-corrected chi connectivity index (χ4v) is 6.35. The van der Waals surface area contributed by atoms with Gasteiger partial charge in [0, 0.05) is 5.92 Å². The lowest BCUT2D eigenvalue weighted by atomic mass is 9.84. The molecule has 3 saturated carbocycles. The first-order valence-electron chi connectivity index (χ1n) is 16.1. The van der Waals surface area contributed by atoms with Crippen LogP contribution in [0.4, 0.5) is 4.39 Å². The van der Waals surface area contributed by atoms with Crippen molar-refractivity contribution < 1.29 is 29.2 Å². The van der Waals surface area contributed by atoms with Crippen LogP contribution in [0.15, 0.2) is 24.3 Å². The lowest BCUT2D eigenvalue weighted by molar-refractivity contribution is -0.419. The van der Waals surface area contributed by atoms with E-state index in [9.17, 15) is 9.18 Å². The van der Waals surface area contributed by atoms with Gasteiger partial charge in [0.05, 0.1) is 17.9 Å². The topological polar surface area (TPSA) is 105 Å². The molecule has 0 aliphatic heterocycles. The molecule has 9 heteroatoms. The molecule has 2 aromatic rings. The maximum atomic E-state index is 13.9. The minimum absolute atomic E-state index is 0.0130. The number of aliphatic hydroxyl groups is 3. The molecule has 3 fully saturated rings. The zero-order chi connectivity index (χ0) is 32.0. The van der Waals surface area contributed by atoms with E-state index in [2.05, 4.69) is 35.1 Å². The number of benzene rings is 1. The molecule has 2 unspecified atom stereocenters. The van der Waals surface area contributed by atoms with Crippen molar-refractivity contribution in [3.63, 3.8) is 0 Å². The summed E-state index contributed by atoms with van der Waals surface area (Å²) in [4.78, 5) is 11.1. The second kappa shape index (κ2) is 14.9. The van der Waals surface area contributed by atoms with Crippen LogP contribution in [-0.2, 0) is 16.7 Å². The van der Waals surface area contributed by atoms with Gasteiger partial charge in [0.1, 0.15) is 5.75 Å². The van der Waals surface area contributed by atoms with Crippen LogP contribution in [-0.4, -0.2) is 37.0 Å². The second-order valence-corrected chi connectivity index (χ2v) is 14.5. The number of aromatic nitrogens is 2. The Hall–Kier alpha value is -1.86. The van der Waals surface area contributed by atoms with Gasteiger partial charge in [-0.15, -0.1) is 0 Å². The fraction of sp³-hybridized carbons (Fsp3) is 0.706. The maximum absolute atomic E-state index is 13.9. The molecule has 5 rings (SSSR count). The lowest BCUT2D eigenvalue weighted by Gasteiger charge is -2.24. The molecule has 0 bridgehead atoms. The van der Waals surface area contributed by atoms with Gasteiger partial charge in [0.15, 0.2) is 11.2 Å². The number of Topliss-reactive ketones (excluding diaryl/α,β-unsaturated/α-hetero) is 1. The van der Waals surface area contributed by atoms with Crippen LogP contribution < -0.4 is 4.74 Å². The molecule has 3 aliphatic rings. The van der Waals surface area contributed by atoms with Crippen LogP contribution in [0.1, 0.15) is 140 Å². The van der Waals surface area contributed by atoms with Gasteiger partial charge in [0.2, 0.25) is 0 Å². The van der Waals surface area contributed by atoms with Crippen LogP contribution in [0.5, 0.6) is 5.75 Å². The number of carbonyl (C=O) groups is 1. The summed E-state index contributed by atoms with van der Waals surface area (Å²) in [5.74, 6) is 1.61. The van der Waals surface area contributed by atoms with Gasteiger partial charge in [-0.3, -0.25) is 9.48 Å². The first kappa shape index (κ1) is 35.6. The van der Waals surface area contributed by atoms with Crippen LogP contribution in [0.25, 0.3) is 0 Å². The van der Waals surface area contributed by atoms with Crippen molar-refractivity contribution in [3.8, 4) is 5.75 Å². The molecule has 1 heterocycles. The SMILES string of the molecule is C1CCC2(CC1)CC2.CC(=O)Cn1nc(C2CC2)cc1C(C)(F)P.CCC[C@H](C)[C@@H](C)c1cccc(OC(O)(O)O)c1C. The first-order chi connectivity index (χ1) is 20.0. The Balaban J connectivity index is 0.000000189. The summed E-state index contributed by atoms with van der Waals surface area (Å²) < 4.78 is 20.1. The minimum Gasteiger partial charge on any atom is -0.417 e. The quantitative estimate of drug-likeness (QED) is 0.187. The highest BCUT2D eigenvalue weighted by molar-refractivity contribution is 7.18. The number of ether oxygens (including phenoxy) is 1. The average Bonchev–Trinajstić information content (AvgIpc) is 3.84. The van der Waals surface area contributed by atoms with Crippen LogP contribution in [0, 0.1) is 18.3 Å². The molecule has 0 amide bonds. The highest BCUT2D eigenvalue weighted by atomic mass is 31.0. The Kier molecular flexibility index (Phi) is 12.4. The summed E-state index contributed by atoms with van der Waals surface area (Å²) in [7, 11) is 2.15. The summed E-state index contributed by atoms with van der Waals surface area (Å²) in [6.45, 7) is 11.5. The van der Waals surface area contributed by atoms with Crippen LogP contribution >= 0.6 is 9.24 Å². The molecule has 1 aromatic heterocycles. The van der Waals surface area contributed by atoms with E-state index in [1.165, 1.54) is 37.8 Å². The number of alkyl halides is 1. The number of hydrogen-bond donors (Lipinski definition) is 3. The van der Waals surface area contributed by atoms with Gasteiger partial charge in [-0.05, 0) is 99.8 Å². The average molecular weight is 621 g/mol. The van der Waals surface area contributed by atoms with Gasteiger partial charge in [-0.25, -0.2) is 4.39 Å². The fourth-order valence-electron chi connectivity index (χ4n) is 6.11. The van der Waals surface area contributed by atoms with Crippen molar-refractivity contribution in [1.82, 2.24) is 9.78 Å². The van der Waals surface area contributed by atoms with E-state index in [4.69, 9.17) is 20.1 Å². The molecular formula is C34H54FN2O5P. The van der Waals surface area contributed by atoms with Gasteiger partial charge in [-0.1, -0.05) is 74.2 Å². The van der Waals surface area contributed by atoms with E-state index < -0.39 is 11.6 Å². The lowest BCUT2D eigenvalue weighted by Crippen LogP contribution is -2.35. The molecule has 3 N–H and O–H groups in total. The smallest absolute Gasteiger partial charge is 0.417 e. The van der Waals surface area contributed by atoms with E-state index in [-0.39, 0.29) is 18.1 Å². The molecule has 7 nitrogen and oxygen atoms in total. The predicted octanol–water partition coefficient (Wildman–Crippen LogP) is 7.60. The molecule has 1 aromatic carbocycles. The minimum atomic E-state index is -3.14. The molecule has 3 aliphatic carbocycles. The maximum Gasteiger partial charge on any atom is 0.453 e. The number of halogens is 1. The van der Waals surface area contributed by atoms with Crippen molar-refractivity contribution in [1.29, 1.82) is 0 Å². The van der Waals surface area contributed by atoms with Gasteiger partial charge in [0.25, 0.3) is 0 Å². The van der Waals surface area contributed by atoms with E-state index in [0.29, 0.717) is 23.4 Å². The van der Waals surface area contributed by atoms with E-state index in [1.807, 2.05) is 13.0 Å². The third kappa shape index (κ3) is 11.2. The van der Waals surface area contributed by atoms with E-state index in [0.717, 1.165) is 47.9 Å². The zero-order valence-corrected chi connectivity index (χ0v) is 28.2. The number of rotatable bonds is 10. The van der Waals surface area contributed by atoms with Gasteiger partial charge < -0.3 is 20.1 Å². The molecule has 242 valence electrons. The molecule has 0 saturated heterocycles. The van der Waals surface area contributed by atoms with Crippen molar-refractivity contribution in [2.75, 3.05) is 0 Å². The number of ketones is 1. The van der Waals surface area contributed by atoms with Crippen molar-refractivity contribution >= 4 is 15.0 Å². The Bertz CT molecular complexity index is 1190. The predicted molar refractivity (Wildman–Crippen MR) is 171 cm³/mol. The number of carbonyl (C=O) groups excluding carboxylic acids is 1. The Morgan fingerprint density at radius 1 is 1.16 bits per heavy atom. The van der Waals surface area contributed by atoms with E-state index >= 15 is 0 Å². The number of nitrogens with zero attached hydrogens (tertiary/aromatic N) is 2. The van der Waals surface area contributed by atoms with E-state index in [1.54, 1.807) is 43.9 Å². The van der Waals surface area contributed by atoms with Gasteiger partial charge in [-0.2, -0.15) is 5.10 Å². The summed E-state index contributed by atoms with van der Waals surface area (Å²) in [5, 5.41) is 29.5. The molecular weight excluding hydrogens is 566 g/mol. The van der Waals surface area contributed by atoms with Gasteiger partial charge >= 0.3 is 6.16 Å².